The summed E-state index contributed by atoms with van der Waals surface area (Å²) in [5.41, 5.74) is 7.68. The molecule has 0 bridgehead atoms. The number of nitrogens with one attached hydrogen (secondary N) is 1. The Bertz CT molecular complexity index is 582. The molecule has 1 amide bonds. The molecule has 0 aliphatic rings. The lowest BCUT2D eigenvalue weighted by Gasteiger charge is -2.09. The molecule has 18 heavy (non-hydrogen) atoms. The molecule has 0 aliphatic carbocycles. The van der Waals surface area contributed by atoms with Crippen molar-refractivity contribution >= 4 is 34.5 Å². The largest absolute Gasteiger partial charge is 0.380 e. The quantitative estimate of drug-likeness (QED) is 0.905. The van der Waals surface area contributed by atoms with Crippen LogP contribution in [0.3, 0.4) is 0 Å². The number of nitrogens with zero attached hydrogens (tertiary/aromatic N) is 1. The maximum atomic E-state index is 11.1. The molecule has 6 heteroatoms. The van der Waals surface area contributed by atoms with Crippen molar-refractivity contribution in [3.05, 3.63) is 44.9 Å². The fourth-order valence-electron chi connectivity index (χ4n) is 1.51. The molecule has 0 unspecified atom stereocenters. The highest BCUT2D eigenvalue weighted by Crippen LogP contribution is 2.21. The predicted molar refractivity (Wildman–Crippen MR) is 74.1 cm³/mol. The number of hydrogen-bond acceptors (Lipinski definition) is 4. The van der Waals surface area contributed by atoms with E-state index in [2.05, 4.69) is 10.3 Å². The molecule has 0 saturated carbocycles. The van der Waals surface area contributed by atoms with Crippen LogP contribution >= 0.6 is 22.9 Å². The highest BCUT2D eigenvalue weighted by atomic mass is 35.5. The number of carbonyl (C=O) groups is 1. The summed E-state index contributed by atoms with van der Waals surface area (Å²) in [6.45, 7) is 2.58. The SMILES string of the molecule is Cc1ccc(C(N)=O)cc1NCc1cnc(Cl)s1. The molecule has 0 radical (unpaired) electrons. The number of benzene rings is 1. The van der Waals surface area contributed by atoms with Gasteiger partial charge in [0.1, 0.15) is 0 Å². The normalized spacial score (nSPS) is 10.3. The number of primary amides is 1. The van der Waals surface area contributed by atoms with Gasteiger partial charge in [-0.25, -0.2) is 4.98 Å². The summed E-state index contributed by atoms with van der Waals surface area (Å²) in [7, 11) is 0. The number of anilines is 1. The van der Waals surface area contributed by atoms with Gasteiger partial charge in [0, 0.05) is 22.3 Å². The number of hydrogen-bond donors (Lipinski definition) is 2. The van der Waals surface area contributed by atoms with Gasteiger partial charge in [-0.2, -0.15) is 0 Å². The van der Waals surface area contributed by atoms with E-state index < -0.39 is 5.91 Å². The van der Waals surface area contributed by atoms with Crippen LogP contribution in [0.5, 0.6) is 0 Å². The third-order valence-corrected chi connectivity index (χ3v) is 3.62. The molecule has 2 rings (SSSR count). The van der Waals surface area contributed by atoms with Crippen LogP contribution in [-0.4, -0.2) is 10.9 Å². The van der Waals surface area contributed by atoms with Gasteiger partial charge in [0.15, 0.2) is 4.47 Å². The molecule has 3 N–H and O–H groups in total. The standard InChI is InChI=1S/C12H12ClN3OS/c1-7-2-3-8(11(14)17)4-10(7)15-5-9-6-16-12(13)18-9/h2-4,6,15H,5H2,1H3,(H2,14,17). The summed E-state index contributed by atoms with van der Waals surface area (Å²) in [4.78, 5) is 16.1. The van der Waals surface area contributed by atoms with Crippen LogP contribution in [0.15, 0.2) is 24.4 Å². The van der Waals surface area contributed by atoms with Crippen LogP contribution in [0.2, 0.25) is 4.47 Å². The summed E-state index contributed by atoms with van der Waals surface area (Å²) in [6, 6.07) is 5.33. The third kappa shape index (κ3) is 3.00. The number of halogens is 1. The van der Waals surface area contributed by atoms with E-state index in [9.17, 15) is 4.79 Å². The number of thiazole rings is 1. The molecule has 4 nitrogen and oxygen atoms in total. The molecule has 1 aromatic heterocycles. The summed E-state index contributed by atoms with van der Waals surface area (Å²) in [5, 5.41) is 3.24. The van der Waals surface area contributed by atoms with Gasteiger partial charge in [0.05, 0.1) is 6.54 Å². The van der Waals surface area contributed by atoms with E-state index in [0.717, 1.165) is 16.1 Å². The third-order valence-electron chi connectivity index (χ3n) is 2.50. The molecule has 2 aromatic rings. The molecule has 0 atom stereocenters. The maximum absolute atomic E-state index is 11.1. The summed E-state index contributed by atoms with van der Waals surface area (Å²) < 4.78 is 0.523. The molecule has 1 heterocycles. The molecule has 1 aromatic carbocycles. The molecular weight excluding hydrogens is 270 g/mol. The Morgan fingerprint density at radius 2 is 2.33 bits per heavy atom. The van der Waals surface area contributed by atoms with Gasteiger partial charge >= 0.3 is 0 Å². The Kier molecular flexibility index (Phi) is 3.84. The van der Waals surface area contributed by atoms with Crippen LogP contribution in [-0.2, 0) is 6.54 Å². The van der Waals surface area contributed by atoms with E-state index in [-0.39, 0.29) is 0 Å². The highest BCUT2D eigenvalue weighted by molar-refractivity contribution is 7.15. The van der Waals surface area contributed by atoms with Gasteiger partial charge in [-0.15, -0.1) is 11.3 Å². The van der Waals surface area contributed by atoms with Crippen LogP contribution < -0.4 is 11.1 Å². The number of amides is 1. The lowest BCUT2D eigenvalue weighted by Crippen LogP contribution is -2.11. The zero-order chi connectivity index (χ0) is 13.1. The van der Waals surface area contributed by atoms with Crippen LogP contribution in [0.25, 0.3) is 0 Å². The lowest BCUT2D eigenvalue weighted by molar-refractivity contribution is 0.100. The monoisotopic (exact) mass is 281 g/mol. The number of nitrogens with two attached hydrogens (primary N) is 1. The zero-order valence-electron chi connectivity index (χ0n) is 9.74. The zero-order valence-corrected chi connectivity index (χ0v) is 11.3. The van der Waals surface area contributed by atoms with Crippen molar-refractivity contribution < 1.29 is 4.79 Å². The van der Waals surface area contributed by atoms with Gasteiger partial charge in [0.25, 0.3) is 0 Å². The first kappa shape index (κ1) is 12.9. The van der Waals surface area contributed by atoms with Crippen molar-refractivity contribution in [1.82, 2.24) is 4.98 Å². The average Bonchev–Trinajstić information content (AvgIpc) is 2.74. The predicted octanol–water partition coefficient (Wildman–Crippen LogP) is 2.82. The Labute approximate surface area is 114 Å². The molecule has 0 fully saturated rings. The first-order chi connectivity index (χ1) is 8.56. The molecule has 0 spiro atoms. The number of rotatable bonds is 4. The fourth-order valence-corrected chi connectivity index (χ4v) is 2.43. The minimum Gasteiger partial charge on any atom is -0.380 e. The summed E-state index contributed by atoms with van der Waals surface area (Å²) >= 11 is 7.18. The first-order valence-electron chi connectivity index (χ1n) is 5.31. The van der Waals surface area contributed by atoms with E-state index in [1.807, 2.05) is 13.0 Å². The van der Waals surface area contributed by atoms with E-state index in [0.29, 0.717) is 16.6 Å². The highest BCUT2D eigenvalue weighted by Gasteiger charge is 2.05. The van der Waals surface area contributed by atoms with E-state index in [1.54, 1.807) is 18.3 Å². The van der Waals surface area contributed by atoms with Crippen LogP contribution in [0.1, 0.15) is 20.8 Å². The van der Waals surface area contributed by atoms with Gasteiger partial charge < -0.3 is 11.1 Å². The number of carbonyl (C=O) groups excluding carboxylic acids is 1. The Morgan fingerprint density at radius 3 is 2.94 bits per heavy atom. The van der Waals surface area contributed by atoms with Crippen LogP contribution in [0.4, 0.5) is 5.69 Å². The molecule has 94 valence electrons. The minimum atomic E-state index is -0.432. The van der Waals surface area contributed by atoms with Gasteiger partial charge in [-0.05, 0) is 24.6 Å². The van der Waals surface area contributed by atoms with Gasteiger partial charge in [0.2, 0.25) is 5.91 Å². The lowest BCUT2D eigenvalue weighted by atomic mass is 10.1. The second kappa shape index (κ2) is 5.37. The smallest absolute Gasteiger partial charge is 0.248 e. The molecule has 0 aliphatic heterocycles. The second-order valence-corrected chi connectivity index (χ2v) is 5.52. The average molecular weight is 282 g/mol. The summed E-state index contributed by atoms with van der Waals surface area (Å²) in [6.07, 6.45) is 1.73. The van der Waals surface area contributed by atoms with E-state index in [1.165, 1.54) is 11.3 Å². The number of aromatic nitrogens is 1. The first-order valence-corrected chi connectivity index (χ1v) is 6.50. The van der Waals surface area contributed by atoms with E-state index in [4.69, 9.17) is 17.3 Å². The van der Waals surface area contributed by atoms with E-state index >= 15 is 0 Å². The fraction of sp³-hybridized carbons (Fsp3) is 0.167. The Hall–Kier alpha value is -1.59. The Morgan fingerprint density at radius 1 is 1.56 bits per heavy atom. The van der Waals surface area contributed by atoms with Crippen molar-refractivity contribution in [3.63, 3.8) is 0 Å². The minimum absolute atomic E-state index is 0.432. The Balaban J connectivity index is 2.13. The maximum Gasteiger partial charge on any atom is 0.248 e. The summed E-state index contributed by atoms with van der Waals surface area (Å²) in [5.74, 6) is -0.432. The topological polar surface area (TPSA) is 68.0 Å². The van der Waals surface area contributed by atoms with Crippen LogP contribution in [0, 0.1) is 6.92 Å². The van der Waals surface area contributed by atoms with Gasteiger partial charge in [-0.3, -0.25) is 4.79 Å². The number of aryl methyl sites for hydroxylation is 1. The van der Waals surface area contributed by atoms with Crippen molar-refractivity contribution in [1.29, 1.82) is 0 Å². The van der Waals surface area contributed by atoms with Crippen molar-refractivity contribution in [3.8, 4) is 0 Å². The molecular formula is C12H12ClN3OS. The van der Waals surface area contributed by atoms with Crippen molar-refractivity contribution in [2.45, 2.75) is 13.5 Å². The molecule has 0 saturated heterocycles. The second-order valence-electron chi connectivity index (χ2n) is 3.83. The van der Waals surface area contributed by atoms with Crippen molar-refractivity contribution in [2.75, 3.05) is 5.32 Å². The van der Waals surface area contributed by atoms with Crippen molar-refractivity contribution in [2.24, 2.45) is 5.73 Å². The van der Waals surface area contributed by atoms with Gasteiger partial charge in [-0.1, -0.05) is 17.7 Å².